The molecular weight excluding hydrogens is 234 g/mol. The summed E-state index contributed by atoms with van der Waals surface area (Å²) in [6.45, 7) is 8.84. The van der Waals surface area contributed by atoms with Crippen LogP contribution in [-0.4, -0.2) is 28.8 Å². The molecule has 18 heavy (non-hydrogen) atoms. The summed E-state index contributed by atoms with van der Waals surface area (Å²) in [6, 6.07) is -0.968. The Morgan fingerprint density at radius 3 is 2.33 bits per heavy atom. The van der Waals surface area contributed by atoms with E-state index in [1.165, 1.54) is 0 Å². The molecule has 102 valence electrons. The Hall–Kier alpha value is -1.52. The fourth-order valence-electron chi connectivity index (χ4n) is 1.84. The van der Waals surface area contributed by atoms with Gasteiger partial charge in [-0.2, -0.15) is 0 Å². The summed E-state index contributed by atoms with van der Waals surface area (Å²) in [4.78, 5) is 22.8. The highest BCUT2D eigenvalue weighted by Crippen LogP contribution is 2.39. The third-order valence-electron chi connectivity index (χ3n) is 2.76. The van der Waals surface area contributed by atoms with E-state index in [1.54, 1.807) is 26.8 Å². The molecule has 1 fully saturated rings. The molecule has 0 radical (unpaired) electrons. The summed E-state index contributed by atoms with van der Waals surface area (Å²) in [7, 11) is 0. The maximum Gasteiger partial charge on any atom is 0.408 e. The van der Waals surface area contributed by atoms with Crippen LogP contribution in [0.25, 0.3) is 0 Å². The smallest absolute Gasteiger partial charge is 0.408 e. The summed E-state index contributed by atoms with van der Waals surface area (Å²) in [5.41, 5.74) is -0.642. The predicted octanol–water partition coefficient (Wildman–Crippen LogP) is 2.18. The molecule has 0 aromatic rings. The minimum Gasteiger partial charge on any atom is -0.480 e. The average molecular weight is 255 g/mol. The highest BCUT2D eigenvalue weighted by Gasteiger charge is 2.39. The molecule has 5 heteroatoms. The Kier molecular flexibility index (Phi) is 4.38. The van der Waals surface area contributed by atoms with Crippen molar-refractivity contribution < 1.29 is 19.4 Å². The largest absolute Gasteiger partial charge is 0.480 e. The molecule has 0 saturated heterocycles. The number of carbonyl (C=O) groups is 2. The van der Waals surface area contributed by atoms with Crippen molar-refractivity contribution in [3.63, 3.8) is 0 Å². The molecule has 0 unspecified atom stereocenters. The van der Waals surface area contributed by atoms with E-state index in [9.17, 15) is 14.7 Å². The van der Waals surface area contributed by atoms with Crippen molar-refractivity contribution in [1.29, 1.82) is 0 Å². The van der Waals surface area contributed by atoms with Gasteiger partial charge in [0.1, 0.15) is 11.6 Å². The molecule has 0 aliphatic heterocycles. The summed E-state index contributed by atoms with van der Waals surface area (Å²) in [5, 5.41) is 11.6. The van der Waals surface area contributed by atoms with Gasteiger partial charge in [0.25, 0.3) is 0 Å². The molecular formula is C13H21NO4. The van der Waals surface area contributed by atoms with Gasteiger partial charge in [0.2, 0.25) is 0 Å². The van der Waals surface area contributed by atoms with E-state index in [-0.39, 0.29) is 5.92 Å². The lowest BCUT2D eigenvalue weighted by atomic mass is 9.95. The molecule has 1 amide bonds. The first-order valence-electron chi connectivity index (χ1n) is 6.09. The van der Waals surface area contributed by atoms with Crippen molar-refractivity contribution in [1.82, 2.24) is 5.32 Å². The lowest BCUT2D eigenvalue weighted by molar-refractivity contribution is -0.140. The second-order valence-electron chi connectivity index (χ2n) is 5.61. The third kappa shape index (κ3) is 4.39. The van der Waals surface area contributed by atoms with Crippen molar-refractivity contribution in [2.75, 3.05) is 0 Å². The van der Waals surface area contributed by atoms with Gasteiger partial charge < -0.3 is 15.2 Å². The van der Waals surface area contributed by atoms with Gasteiger partial charge in [0, 0.05) is 5.92 Å². The van der Waals surface area contributed by atoms with Gasteiger partial charge in [0.15, 0.2) is 0 Å². The van der Waals surface area contributed by atoms with Gasteiger partial charge in [-0.25, -0.2) is 9.59 Å². The number of hydrogen-bond acceptors (Lipinski definition) is 3. The van der Waals surface area contributed by atoms with E-state index in [2.05, 4.69) is 11.9 Å². The number of alkyl carbamates (subject to hydrolysis) is 1. The summed E-state index contributed by atoms with van der Waals surface area (Å²) < 4.78 is 5.07. The maximum absolute atomic E-state index is 11.6. The maximum atomic E-state index is 11.6. The van der Waals surface area contributed by atoms with Gasteiger partial charge in [0.05, 0.1) is 0 Å². The number of nitrogens with one attached hydrogen (secondary N) is 1. The zero-order chi connectivity index (χ0) is 13.9. The van der Waals surface area contributed by atoms with Crippen LogP contribution in [0.5, 0.6) is 0 Å². The van der Waals surface area contributed by atoms with E-state index in [4.69, 9.17) is 4.74 Å². The minimum atomic E-state index is -1.06. The first-order valence-corrected chi connectivity index (χ1v) is 6.09. The molecule has 5 nitrogen and oxygen atoms in total. The monoisotopic (exact) mass is 255 g/mol. The third-order valence-corrected chi connectivity index (χ3v) is 2.76. The molecule has 0 bridgehead atoms. The Labute approximate surface area is 107 Å². The quantitative estimate of drug-likeness (QED) is 0.738. The van der Waals surface area contributed by atoms with Crippen LogP contribution in [-0.2, 0) is 9.53 Å². The molecule has 1 saturated carbocycles. The van der Waals surface area contributed by atoms with Crippen molar-refractivity contribution >= 4 is 12.1 Å². The fourth-order valence-corrected chi connectivity index (χ4v) is 1.84. The van der Waals surface area contributed by atoms with E-state index in [0.717, 1.165) is 12.8 Å². The Morgan fingerprint density at radius 1 is 1.44 bits per heavy atom. The standard InChI is InChI=1S/C13H21NO4/c1-5-9(8-6-7-8)10(11(15)16)14-12(17)18-13(2,3)4/h5,8-10H,1,6-7H2,2-4H3,(H,14,17)(H,15,16)/t9-,10-/m0/s1. The number of rotatable bonds is 5. The second-order valence-corrected chi connectivity index (χ2v) is 5.61. The molecule has 2 N–H and O–H groups in total. The van der Waals surface area contributed by atoms with Crippen LogP contribution in [0.15, 0.2) is 12.7 Å². The molecule has 1 aliphatic rings. The number of aliphatic carboxylic acids is 1. The van der Waals surface area contributed by atoms with E-state index in [0.29, 0.717) is 5.92 Å². The molecule has 0 heterocycles. The van der Waals surface area contributed by atoms with Gasteiger partial charge in [-0.15, -0.1) is 6.58 Å². The number of carbonyl (C=O) groups excluding carboxylic acids is 1. The van der Waals surface area contributed by atoms with Crippen molar-refractivity contribution in [3.8, 4) is 0 Å². The van der Waals surface area contributed by atoms with Crippen molar-refractivity contribution in [2.45, 2.75) is 45.3 Å². The van der Waals surface area contributed by atoms with Crippen LogP contribution in [0.1, 0.15) is 33.6 Å². The number of carboxylic acid groups (broad SMARTS) is 1. The predicted molar refractivity (Wildman–Crippen MR) is 67.2 cm³/mol. The number of ether oxygens (including phenoxy) is 1. The van der Waals surface area contributed by atoms with Gasteiger partial charge in [-0.1, -0.05) is 6.08 Å². The molecule has 0 spiro atoms. The van der Waals surface area contributed by atoms with Crippen LogP contribution >= 0.6 is 0 Å². The summed E-state index contributed by atoms with van der Waals surface area (Å²) in [6.07, 6.45) is 2.86. The number of hydrogen-bond donors (Lipinski definition) is 2. The van der Waals surface area contributed by atoms with Gasteiger partial charge in [-0.05, 0) is 39.5 Å². The Bertz CT molecular complexity index is 341. The molecule has 1 aliphatic carbocycles. The van der Waals surface area contributed by atoms with Crippen LogP contribution < -0.4 is 5.32 Å². The lowest BCUT2D eigenvalue weighted by Crippen LogP contribution is -2.47. The zero-order valence-corrected chi connectivity index (χ0v) is 11.1. The summed E-state index contributed by atoms with van der Waals surface area (Å²) in [5.74, 6) is -0.994. The van der Waals surface area contributed by atoms with Crippen LogP contribution in [0.2, 0.25) is 0 Å². The molecule has 1 rings (SSSR count). The summed E-state index contributed by atoms with van der Waals surface area (Å²) >= 11 is 0. The topological polar surface area (TPSA) is 75.6 Å². The second kappa shape index (κ2) is 5.42. The normalized spacial score (nSPS) is 18.6. The van der Waals surface area contributed by atoms with Crippen molar-refractivity contribution in [3.05, 3.63) is 12.7 Å². The molecule has 0 aromatic carbocycles. The lowest BCUT2D eigenvalue weighted by Gasteiger charge is -2.25. The minimum absolute atomic E-state index is 0.241. The first kappa shape index (κ1) is 14.5. The Morgan fingerprint density at radius 2 is 2.00 bits per heavy atom. The Balaban J connectivity index is 2.65. The fraction of sp³-hybridized carbons (Fsp3) is 0.692. The molecule has 0 aromatic heterocycles. The van der Waals surface area contributed by atoms with E-state index >= 15 is 0 Å². The number of carboxylic acids is 1. The number of amides is 1. The van der Waals surface area contributed by atoms with Gasteiger partial charge >= 0.3 is 12.1 Å². The zero-order valence-electron chi connectivity index (χ0n) is 11.1. The first-order chi connectivity index (χ1) is 8.24. The highest BCUT2D eigenvalue weighted by molar-refractivity contribution is 5.80. The van der Waals surface area contributed by atoms with Crippen LogP contribution in [0, 0.1) is 11.8 Å². The SMILES string of the molecule is C=C[C@@H](C1CC1)[C@H](NC(=O)OC(C)(C)C)C(=O)O. The van der Waals surface area contributed by atoms with E-state index < -0.39 is 23.7 Å². The van der Waals surface area contributed by atoms with Crippen LogP contribution in [0.4, 0.5) is 4.79 Å². The average Bonchev–Trinajstić information content (AvgIpc) is 2.98. The van der Waals surface area contributed by atoms with Gasteiger partial charge in [-0.3, -0.25) is 0 Å². The molecule has 2 atom stereocenters. The van der Waals surface area contributed by atoms with Crippen LogP contribution in [0.3, 0.4) is 0 Å². The van der Waals surface area contributed by atoms with E-state index in [1.807, 2.05) is 0 Å². The highest BCUT2D eigenvalue weighted by atomic mass is 16.6. The van der Waals surface area contributed by atoms with Crippen molar-refractivity contribution in [2.24, 2.45) is 11.8 Å².